The van der Waals surface area contributed by atoms with E-state index in [9.17, 15) is 4.79 Å². The Bertz CT molecular complexity index is 383. The van der Waals surface area contributed by atoms with Gasteiger partial charge < -0.3 is 10.5 Å². The molecule has 0 saturated heterocycles. The fraction of sp³-hybridized carbons (Fsp3) is 0.417. The van der Waals surface area contributed by atoms with Crippen molar-refractivity contribution in [2.75, 3.05) is 7.11 Å². The number of carbonyl (C=O) groups is 1. The standard InChI is InChI=1S/C12H17NO2/c1-7-5-10(9(3)13)6-11(8(7)2)12(14)15-4/h5-6,9H,13H2,1-4H3. The van der Waals surface area contributed by atoms with E-state index in [4.69, 9.17) is 10.5 Å². The van der Waals surface area contributed by atoms with Crippen LogP contribution in [0.25, 0.3) is 0 Å². The summed E-state index contributed by atoms with van der Waals surface area (Å²) in [7, 11) is 1.38. The SMILES string of the molecule is COC(=O)c1cc(C(C)N)cc(C)c1C. The molecule has 2 N–H and O–H groups in total. The Hall–Kier alpha value is -1.35. The van der Waals surface area contributed by atoms with Gasteiger partial charge in [-0.3, -0.25) is 0 Å². The van der Waals surface area contributed by atoms with Crippen LogP contribution in [0.3, 0.4) is 0 Å². The summed E-state index contributed by atoms with van der Waals surface area (Å²) in [6.07, 6.45) is 0. The Labute approximate surface area is 90.2 Å². The van der Waals surface area contributed by atoms with Gasteiger partial charge in [0.2, 0.25) is 0 Å². The molecule has 0 aliphatic rings. The minimum absolute atomic E-state index is 0.0762. The lowest BCUT2D eigenvalue weighted by molar-refractivity contribution is 0.0599. The molecule has 3 nitrogen and oxygen atoms in total. The van der Waals surface area contributed by atoms with Gasteiger partial charge in [-0.15, -0.1) is 0 Å². The number of nitrogens with two attached hydrogens (primary N) is 1. The number of esters is 1. The highest BCUT2D eigenvalue weighted by Gasteiger charge is 2.13. The predicted molar refractivity (Wildman–Crippen MR) is 59.9 cm³/mol. The lowest BCUT2D eigenvalue weighted by Gasteiger charge is -2.12. The molecule has 0 aromatic heterocycles. The molecule has 82 valence electrons. The van der Waals surface area contributed by atoms with Gasteiger partial charge in [-0.2, -0.15) is 0 Å². The molecule has 0 aliphatic carbocycles. The molecular formula is C12H17NO2. The molecule has 0 fully saturated rings. The summed E-state index contributed by atoms with van der Waals surface area (Å²) in [5, 5.41) is 0. The summed E-state index contributed by atoms with van der Waals surface area (Å²) in [6, 6.07) is 3.73. The van der Waals surface area contributed by atoms with Crippen LogP contribution in [0.1, 0.15) is 40.0 Å². The zero-order chi connectivity index (χ0) is 11.6. The van der Waals surface area contributed by atoms with Gasteiger partial charge in [0.1, 0.15) is 0 Å². The van der Waals surface area contributed by atoms with Gasteiger partial charge in [-0.1, -0.05) is 6.07 Å². The van der Waals surface area contributed by atoms with Crippen molar-refractivity contribution in [1.82, 2.24) is 0 Å². The number of ether oxygens (including phenoxy) is 1. The topological polar surface area (TPSA) is 52.3 Å². The van der Waals surface area contributed by atoms with Crippen LogP contribution in [0.15, 0.2) is 12.1 Å². The fourth-order valence-corrected chi connectivity index (χ4v) is 1.47. The minimum Gasteiger partial charge on any atom is -0.465 e. The van der Waals surface area contributed by atoms with Crippen molar-refractivity contribution in [3.63, 3.8) is 0 Å². The second-order valence-electron chi connectivity index (χ2n) is 3.79. The Morgan fingerprint density at radius 1 is 1.40 bits per heavy atom. The van der Waals surface area contributed by atoms with E-state index in [1.807, 2.05) is 26.8 Å². The van der Waals surface area contributed by atoms with Crippen molar-refractivity contribution >= 4 is 5.97 Å². The second-order valence-corrected chi connectivity index (χ2v) is 3.79. The quantitative estimate of drug-likeness (QED) is 0.756. The molecular weight excluding hydrogens is 190 g/mol. The normalized spacial score (nSPS) is 12.3. The van der Waals surface area contributed by atoms with Crippen molar-refractivity contribution in [3.8, 4) is 0 Å². The first-order valence-corrected chi connectivity index (χ1v) is 4.92. The molecule has 1 rings (SSSR count). The average Bonchev–Trinajstić information content (AvgIpc) is 2.20. The largest absolute Gasteiger partial charge is 0.465 e. The average molecular weight is 207 g/mol. The second kappa shape index (κ2) is 4.45. The molecule has 0 bridgehead atoms. The van der Waals surface area contributed by atoms with Gasteiger partial charge >= 0.3 is 5.97 Å². The first-order chi connectivity index (χ1) is 6.97. The number of hydrogen-bond acceptors (Lipinski definition) is 3. The fourth-order valence-electron chi connectivity index (χ4n) is 1.47. The number of carbonyl (C=O) groups excluding carboxylic acids is 1. The maximum absolute atomic E-state index is 11.5. The van der Waals surface area contributed by atoms with Gasteiger partial charge in [0.15, 0.2) is 0 Å². The van der Waals surface area contributed by atoms with E-state index in [1.165, 1.54) is 7.11 Å². The first kappa shape index (κ1) is 11.7. The molecule has 3 heteroatoms. The zero-order valence-corrected chi connectivity index (χ0v) is 9.63. The third-order valence-electron chi connectivity index (χ3n) is 2.62. The highest BCUT2D eigenvalue weighted by atomic mass is 16.5. The molecule has 0 saturated carbocycles. The lowest BCUT2D eigenvalue weighted by Crippen LogP contribution is -2.10. The summed E-state index contributed by atoms with van der Waals surface area (Å²) in [5.41, 5.74) is 9.36. The van der Waals surface area contributed by atoms with Gasteiger partial charge in [0.25, 0.3) is 0 Å². The van der Waals surface area contributed by atoms with Gasteiger partial charge in [-0.05, 0) is 43.5 Å². The van der Waals surface area contributed by atoms with Crippen LogP contribution in [0.2, 0.25) is 0 Å². The third-order valence-corrected chi connectivity index (χ3v) is 2.62. The zero-order valence-electron chi connectivity index (χ0n) is 9.63. The van der Waals surface area contributed by atoms with Crippen LogP contribution < -0.4 is 5.73 Å². The van der Waals surface area contributed by atoms with E-state index in [-0.39, 0.29) is 12.0 Å². The van der Waals surface area contributed by atoms with Crippen LogP contribution in [-0.2, 0) is 4.74 Å². The molecule has 0 spiro atoms. The molecule has 1 aromatic carbocycles. The third kappa shape index (κ3) is 2.36. The number of rotatable bonds is 2. The molecule has 0 aliphatic heterocycles. The van der Waals surface area contributed by atoms with Crippen molar-refractivity contribution in [2.24, 2.45) is 5.73 Å². The molecule has 1 unspecified atom stereocenters. The molecule has 1 atom stereocenters. The highest BCUT2D eigenvalue weighted by Crippen LogP contribution is 2.20. The maximum Gasteiger partial charge on any atom is 0.338 e. The Kier molecular flexibility index (Phi) is 3.48. The van der Waals surface area contributed by atoms with Crippen LogP contribution in [0.4, 0.5) is 0 Å². The lowest BCUT2D eigenvalue weighted by atomic mass is 9.97. The van der Waals surface area contributed by atoms with Crippen molar-refractivity contribution in [1.29, 1.82) is 0 Å². The Morgan fingerprint density at radius 2 is 2.00 bits per heavy atom. The monoisotopic (exact) mass is 207 g/mol. The van der Waals surface area contributed by atoms with E-state index < -0.39 is 0 Å². The molecule has 15 heavy (non-hydrogen) atoms. The molecule has 0 radical (unpaired) electrons. The van der Waals surface area contributed by atoms with Crippen molar-refractivity contribution < 1.29 is 9.53 Å². The first-order valence-electron chi connectivity index (χ1n) is 4.92. The van der Waals surface area contributed by atoms with Crippen molar-refractivity contribution in [3.05, 3.63) is 34.4 Å². The van der Waals surface area contributed by atoms with Gasteiger partial charge in [0.05, 0.1) is 12.7 Å². The van der Waals surface area contributed by atoms with Crippen LogP contribution in [-0.4, -0.2) is 13.1 Å². The van der Waals surface area contributed by atoms with Gasteiger partial charge in [-0.25, -0.2) is 4.79 Å². The minimum atomic E-state index is -0.307. The number of methoxy groups -OCH3 is 1. The van der Waals surface area contributed by atoms with Crippen molar-refractivity contribution in [2.45, 2.75) is 26.8 Å². The molecule has 0 heterocycles. The van der Waals surface area contributed by atoms with Crippen LogP contribution >= 0.6 is 0 Å². The van der Waals surface area contributed by atoms with Crippen LogP contribution in [0, 0.1) is 13.8 Å². The summed E-state index contributed by atoms with van der Waals surface area (Å²) < 4.78 is 4.73. The maximum atomic E-state index is 11.5. The smallest absolute Gasteiger partial charge is 0.338 e. The van der Waals surface area contributed by atoms with Gasteiger partial charge in [0, 0.05) is 6.04 Å². The predicted octanol–water partition coefficient (Wildman–Crippen LogP) is 2.11. The van der Waals surface area contributed by atoms with E-state index in [0.29, 0.717) is 5.56 Å². The summed E-state index contributed by atoms with van der Waals surface area (Å²) in [5.74, 6) is -0.307. The van der Waals surface area contributed by atoms with E-state index in [0.717, 1.165) is 16.7 Å². The van der Waals surface area contributed by atoms with E-state index >= 15 is 0 Å². The summed E-state index contributed by atoms with van der Waals surface area (Å²) in [4.78, 5) is 11.5. The number of hydrogen-bond donors (Lipinski definition) is 1. The van der Waals surface area contributed by atoms with E-state index in [2.05, 4.69) is 0 Å². The highest BCUT2D eigenvalue weighted by molar-refractivity contribution is 5.91. The summed E-state index contributed by atoms with van der Waals surface area (Å²) >= 11 is 0. The molecule has 1 aromatic rings. The number of aryl methyl sites for hydroxylation is 1. The summed E-state index contributed by atoms with van der Waals surface area (Å²) in [6.45, 7) is 5.77. The molecule has 0 amide bonds. The number of benzene rings is 1. The Balaban J connectivity index is 3.31. The Morgan fingerprint density at radius 3 is 2.47 bits per heavy atom. The van der Waals surface area contributed by atoms with E-state index in [1.54, 1.807) is 6.07 Å². The van der Waals surface area contributed by atoms with Crippen LogP contribution in [0.5, 0.6) is 0 Å².